The molecule has 0 unspecified atom stereocenters. The number of aryl methyl sites for hydroxylation is 1. The van der Waals surface area contributed by atoms with Crippen molar-refractivity contribution in [3.8, 4) is 5.75 Å². The molecule has 1 rings (SSSR count). The van der Waals surface area contributed by atoms with Gasteiger partial charge in [-0.2, -0.15) is 0 Å². The van der Waals surface area contributed by atoms with Crippen LogP contribution in [-0.4, -0.2) is 25.4 Å². The van der Waals surface area contributed by atoms with Gasteiger partial charge in [0.15, 0.2) is 0 Å². The van der Waals surface area contributed by atoms with E-state index in [2.05, 4.69) is 58.1 Å². The highest BCUT2D eigenvalue weighted by molar-refractivity contribution is 5.40. The number of benzene rings is 1. The molecule has 0 spiro atoms. The van der Waals surface area contributed by atoms with Gasteiger partial charge in [0.2, 0.25) is 0 Å². The number of hydrogen-bond donors (Lipinski definition) is 1. The van der Waals surface area contributed by atoms with Gasteiger partial charge >= 0.3 is 0 Å². The summed E-state index contributed by atoms with van der Waals surface area (Å²) in [5.41, 5.74) is 2.49. The van der Waals surface area contributed by atoms with Crippen molar-refractivity contribution in [2.24, 2.45) is 0 Å². The predicted molar refractivity (Wildman–Crippen MR) is 89.0 cm³/mol. The minimum atomic E-state index is 0.101. The monoisotopic (exact) mass is 293 g/mol. The van der Waals surface area contributed by atoms with E-state index in [0.29, 0.717) is 13.2 Å². The van der Waals surface area contributed by atoms with Crippen molar-refractivity contribution in [1.82, 2.24) is 5.32 Å². The maximum Gasteiger partial charge on any atom is 0.126 e. The molecular formula is C18H31NO2. The highest BCUT2D eigenvalue weighted by Crippen LogP contribution is 2.23. The molecule has 1 N–H and O–H groups in total. The number of hydrogen-bond acceptors (Lipinski definition) is 3. The Hall–Kier alpha value is -1.06. The first-order valence-corrected chi connectivity index (χ1v) is 7.98. The summed E-state index contributed by atoms with van der Waals surface area (Å²) in [7, 11) is 0. The molecule has 3 heteroatoms. The van der Waals surface area contributed by atoms with E-state index in [0.717, 1.165) is 25.3 Å². The van der Waals surface area contributed by atoms with Crippen LogP contribution >= 0.6 is 0 Å². The molecule has 0 aromatic heterocycles. The largest absolute Gasteiger partial charge is 0.491 e. The smallest absolute Gasteiger partial charge is 0.126 e. The van der Waals surface area contributed by atoms with Crippen LogP contribution in [-0.2, 0) is 11.3 Å². The summed E-state index contributed by atoms with van der Waals surface area (Å²) in [6, 6.07) is 6.30. The van der Waals surface area contributed by atoms with Gasteiger partial charge in [-0.05, 0) is 39.7 Å². The molecule has 0 bridgehead atoms. The number of para-hydroxylation sites is 1. The van der Waals surface area contributed by atoms with Crippen LogP contribution in [0.3, 0.4) is 0 Å². The molecule has 0 amide bonds. The molecule has 0 saturated carbocycles. The Bertz CT molecular complexity index is 410. The zero-order chi connectivity index (χ0) is 15.7. The molecular weight excluding hydrogens is 262 g/mol. The average molecular weight is 293 g/mol. The lowest BCUT2D eigenvalue weighted by atomic mass is 10.1. The summed E-state index contributed by atoms with van der Waals surface area (Å²) in [4.78, 5) is 0. The molecule has 21 heavy (non-hydrogen) atoms. The van der Waals surface area contributed by atoms with E-state index < -0.39 is 0 Å². The van der Waals surface area contributed by atoms with Gasteiger partial charge in [0.05, 0.1) is 6.61 Å². The molecule has 0 aliphatic heterocycles. The van der Waals surface area contributed by atoms with Crippen molar-refractivity contribution in [3.63, 3.8) is 0 Å². The highest BCUT2D eigenvalue weighted by atomic mass is 16.5. The standard InChI is InChI=1S/C18H31NO2/c1-6-7-11-20-12-13-21-17-15(2)9-8-10-16(17)14-19-18(3,4)5/h8-10,19H,6-7,11-14H2,1-5H3. The minimum Gasteiger partial charge on any atom is -0.491 e. The van der Waals surface area contributed by atoms with E-state index in [4.69, 9.17) is 9.47 Å². The Morgan fingerprint density at radius 1 is 1.10 bits per heavy atom. The number of ether oxygens (including phenoxy) is 2. The summed E-state index contributed by atoms with van der Waals surface area (Å²) in [5.74, 6) is 0.994. The Morgan fingerprint density at radius 2 is 1.86 bits per heavy atom. The third-order valence-corrected chi connectivity index (χ3v) is 3.22. The van der Waals surface area contributed by atoms with Crippen molar-refractivity contribution in [2.75, 3.05) is 19.8 Å². The fourth-order valence-electron chi connectivity index (χ4n) is 1.97. The molecule has 0 radical (unpaired) electrons. The Kier molecular flexibility index (Phi) is 7.76. The topological polar surface area (TPSA) is 30.5 Å². The third kappa shape index (κ3) is 7.49. The molecule has 0 atom stereocenters. The summed E-state index contributed by atoms with van der Waals surface area (Å²) in [6.45, 7) is 13.7. The number of rotatable bonds is 9. The highest BCUT2D eigenvalue weighted by Gasteiger charge is 2.12. The summed E-state index contributed by atoms with van der Waals surface area (Å²) in [5, 5.41) is 3.51. The first-order chi connectivity index (χ1) is 9.94. The first kappa shape index (κ1) is 18.0. The van der Waals surface area contributed by atoms with Crippen molar-refractivity contribution in [2.45, 2.75) is 59.5 Å². The Labute approximate surface area is 130 Å². The maximum absolute atomic E-state index is 5.95. The zero-order valence-corrected chi connectivity index (χ0v) is 14.3. The number of nitrogens with one attached hydrogen (secondary N) is 1. The molecule has 0 heterocycles. The second-order valence-corrected chi connectivity index (χ2v) is 6.48. The molecule has 0 fully saturated rings. The molecule has 0 saturated heterocycles. The minimum absolute atomic E-state index is 0.101. The average Bonchev–Trinajstić information content (AvgIpc) is 2.41. The van der Waals surface area contributed by atoms with Crippen LogP contribution in [0.25, 0.3) is 0 Å². The van der Waals surface area contributed by atoms with Gasteiger partial charge in [0.1, 0.15) is 12.4 Å². The fourth-order valence-corrected chi connectivity index (χ4v) is 1.97. The van der Waals surface area contributed by atoms with Crippen LogP contribution < -0.4 is 10.1 Å². The van der Waals surface area contributed by atoms with Crippen LogP contribution in [0.15, 0.2) is 18.2 Å². The predicted octanol–water partition coefficient (Wildman–Crippen LogP) is 4.08. The Balaban J connectivity index is 2.51. The van der Waals surface area contributed by atoms with E-state index in [9.17, 15) is 0 Å². The van der Waals surface area contributed by atoms with Gasteiger partial charge in [-0.25, -0.2) is 0 Å². The van der Waals surface area contributed by atoms with E-state index in [1.807, 2.05) is 0 Å². The molecule has 1 aromatic carbocycles. The van der Waals surface area contributed by atoms with Crippen LogP contribution in [0.4, 0.5) is 0 Å². The lowest BCUT2D eigenvalue weighted by molar-refractivity contribution is 0.0974. The summed E-state index contributed by atoms with van der Waals surface area (Å²) in [6.07, 6.45) is 2.28. The van der Waals surface area contributed by atoms with Crippen molar-refractivity contribution in [3.05, 3.63) is 29.3 Å². The van der Waals surface area contributed by atoms with Crippen molar-refractivity contribution in [1.29, 1.82) is 0 Å². The zero-order valence-electron chi connectivity index (χ0n) is 14.3. The lowest BCUT2D eigenvalue weighted by Gasteiger charge is -2.22. The summed E-state index contributed by atoms with van der Waals surface area (Å²) >= 11 is 0. The third-order valence-electron chi connectivity index (χ3n) is 3.22. The van der Waals surface area contributed by atoms with E-state index >= 15 is 0 Å². The van der Waals surface area contributed by atoms with Gasteiger partial charge in [-0.3, -0.25) is 0 Å². The van der Waals surface area contributed by atoms with E-state index in [1.54, 1.807) is 0 Å². The van der Waals surface area contributed by atoms with Crippen molar-refractivity contribution < 1.29 is 9.47 Å². The van der Waals surface area contributed by atoms with Gasteiger partial charge in [0.25, 0.3) is 0 Å². The van der Waals surface area contributed by atoms with Crippen molar-refractivity contribution >= 4 is 0 Å². The van der Waals surface area contributed by atoms with Crippen LogP contribution in [0.1, 0.15) is 51.7 Å². The second kappa shape index (κ2) is 9.06. The normalized spacial score (nSPS) is 11.7. The molecule has 0 aliphatic carbocycles. The summed E-state index contributed by atoms with van der Waals surface area (Å²) < 4.78 is 11.5. The molecule has 1 aromatic rings. The second-order valence-electron chi connectivity index (χ2n) is 6.48. The number of unbranched alkanes of at least 4 members (excludes halogenated alkanes) is 1. The van der Waals surface area contributed by atoms with Gasteiger partial charge < -0.3 is 14.8 Å². The Morgan fingerprint density at radius 3 is 2.52 bits per heavy atom. The lowest BCUT2D eigenvalue weighted by Crippen LogP contribution is -2.35. The molecule has 3 nitrogen and oxygen atoms in total. The van der Waals surface area contributed by atoms with Crippen LogP contribution in [0, 0.1) is 6.92 Å². The first-order valence-electron chi connectivity index (χ1n) is 7.98. The van der Waals surface area contributed by atoms with Crippen LogP contribution in [0.5, 0.6) is 5.75 Å². The van der Waals surface area contributed by atoms with Crippen LogP contribution in [0.2, 0.25) is 0 Å². The maximum atomic E-state index is 5.95. The van der Waals surface area contributed by atoms with E-state index in [1.165, 1.54) is 17.5 Å². The SMILES string of the molecule is CCCCOCCOc1c(C)cccc1CNC(C)(C)C. The fraction of sp³-hybridized carbons (Fsp3) is 0.667. The van der Waals surface area contributed by atoms with Gasteiger partial charge in [0, 0.05) is 24.3 Å². The van der Waals surface area contributed by atoms with E-state index in [-0.39, 0.29) is 5.54 Å². The quantitative estimate of drug-likeness (QED) is 0.696. The molecule has 120 valence electrons. The van der Waals surface area contributed by atoms with Gasteiger partial charge in [-0.15, -0.1) is 0 Å². The van der Waals surface area contributed by atoms with Gasteiger partial charge in [-0.1, -0.05) is 31.5 Å². The molecule has 0 aliphatic rings.